The van der Waals surface area contributed by atoms with Crippen molar-refractivity contribution in [2.75, 3.05) is 0 Å². The average Bonchev–Trinajstić information content (AvgIpc) is 2.87. The molecule has 0 saturated carbocycles. The maximum absolute atomic E-state index is 9.97. The second-order valence-corrected chi connectivity index (χ2v) is 3.80. The Bertz CT molecular complexity index is 396. The fourth-order valence-electron chi connectivity index (χ4n) is 1.32. The second-order valence-electron chi connectivity index (χ2n) is 2.88. The maximum Gasteiger partial charge on any atom is 0.147 e. The molecule has 1 N–H and O–H groups in total. The van der Waals surface area contributed by atoms with E-state index in [1.807, 2.05) is 17.7 Å². The number of hydrogen-bond acceptors (Lipinski definition) is 4. The average molecular weight is 209 g/mol. The van der Waals surface area contributed by atoms with Crippen molar-refractivity contribution in [1.82, 2.24) is 14.5 Å². The molecule has 2 rings (SSSR count). The lowest BCUT2D eigenvalue weighted by Crippen LogP contribution is -2.07. The molecule has 0 bridgehead atoms. The number of rotatable bonds is 3. The van der Waals surface area contributed by atoms with Crippen molar-refractivity contribution >= 4 is 11.3 Å². The molecule has 0 radical (unpaired) electrons. The second kappa shape index (κ2) is 3.89. The van der Waals surface area contributed by atoms with Crippen LogP contribution in [0.25, 0.3) is 0 Å². The van der Waals surface area contributed by atoms with Crippen molar-refractivity contribution in [3.05, 3.63) is 34.8 Å². The van der Waals surface area contributed by atoms with Gasteiger partial charge < -0.3 is 9.67 Å². The van der Waals surface area contributed by atoms with Crippen LogP contribution in [0.4, 0.5) is 0 Å². The Morgan fingerprint density at radius 3 is 3.14 bits per heavy atom. The van der Waals surface area contributed by atoms with E-state index in [1.165, 1.54) is 11.3 Å². The van der Waals surface area contributed by atoms with Gasteiger partial charge in [-0.05, 0) is 6.92 Å². The lowest BCUT2D eigenvalue weighted by molar-refractivity contribution is 0.208. The van der Waals surface area contributed by atoms with E-state index in [-0.39, 0.29) is 0 Å². The van der Waals surface area contributed by atoms with Gasteiger partial charge in [-0.2, -0.15) is 0 Å². The van der Waals surface area contributed by atoms with E-state index in [2.05, 4.69) is 9.97 Å². The summed E-state index contributed by atoms with van der Waals surface area (Å²) in [6, 6.07) is 0. The number of aromatic nitrogens is 3. The molecule has 1 atom stereocenters. The van der Waals surface area contributed by atoms with Crippen LogP contribution in [0.15, 0.2) is 24.1 Å². The highest BCUT2D eigenvalue weighted by Gasteiger charge is 2.16. The topological polar surface area (TPSA) is 50.9 Å². The maximum atomic E-state index is 9.97. The van der Waals surface area contributed by atoms with Crippen molar-refractivity contribution in [3.8, 4) is 0 Å². The molecule has 0 saturated heterocycles. The number of aryl methyl sites for hydroxylation is 1. The molecule has 4 nitrogen and oxygen atoms in total. The van der Waals surface area contributed by atoms with Crippen LogP contribution in [-0.2, 0) is 6.54 Å². The summed E-state index contributed by atoms with van der Waals surface area (Å²) in [5, 5.41) is 9.97. The normalized spacial score (nSPS) is 13.0. The summed E-state index contributed by atoms with van der Waals surface area (Å²) in [4.78, 5) is 8.89. The molecular formula is C9H11N3OS. The summed E-state index contributed by atoms with van der Waals surface area (Å²) in [5.74, 6) is 0.678. The van der Waals surface area contributed by atoms with Gasteiger partial charge in [0.15, 0.2) is 0 Å². The van der Waals surface area contributed by atoms with Crippen molar-refractivity contribution in [1.29, 1.82) is 0 Å². The third kappa shape index (κ3) is 1.56. The first-order valence-corrected chi connectivity index (χ1v) is 5.28. The molecule has 1 unspecified atom stereocenters. The Labute approximate surface area is 85.9 Å². The first-order valence-electron chi connectivity index (χ1n) is 4.40. The van der Waals surface area contributed by atoms with Crippen LogP contribution in [0.3, 0.4) is 0 Å². The Morgan fingerprint density at radius 1 is 1.64 bits per heavy atom. The molecule has 0 aromatic carbocycles. The zero-order chi connectivity index (χ0) is 9.97. The molecule has 0 spiro atoms. The molecule has 74 valence electrons. The number of imidazole rings is 1. The first kappa shape index (κ1) is 9.36. The van der Waals surface area contributed by atoms with Crippen LogP contribution in [-0.4, -0.2) is 19.6 Å². The smallest absolute Gasteiger partial charge is 0.147 e. The van der Waals surface area contributed by atoms with Gasteiger partial charge in [0.1, 0.15) is 11.9 Å². The van der Waals surface area contributed by atoms with Gasteiger partial charge in [0.05, 0.1) is 10.4 Å². The van der Waals surface area contributed by atoms with E-state index in [4.69, 9.17) is 0 Å². The minimum Gasteiger partial charge on any atom is -0.379 e. The van der Waals surface area contributed by atoms with E-state index in [0.29, 0.717) is 5.82 Å². The zero-order valence-corrected chi connectivity index (χ0v) is 8.61. The highest BCUT2D eigenvalue weighted by Crippen LogP contribution is 2.23. The van der Waals surface area contributed by atoms with Gasteiger partial charge in [-0.3, -0.25) is 4.98 Å². The summed E-state index contributed by atoms with van der Waals surface area (Å²) in [6.07, 6.45) is 4.57. The molecule has 0 fully saturated rings. The van der Waals surface area contributed by atoms with Crippen LogP contribution in [0.1, 0.15) is 23.7 Å². The molecule has 14 heavy (non-hydrogen) atoms. The van der Waals surface area contributed by atoms with Gasteiger partial charge >= 0.3 is 0 Å². The van der Waals surface area contributed by atoms with Crippen LogP contribution in [0, 0.1) is 0 Å². The van der Waals surface area contributed by atoms with E-state index >= 15 is 0 Å². The molecule has 0 amide bonds. The number of aliphatic hydroxyl groups excluding tert-OH is 1. The molecule has 0 aliphatic rings. The Hall–Kier alpha value is -1.20. The van der Waals surface area contributed by atoms with E-state index in [9.17, 15) is 5.11 Å². The Balaban J connectivity index is 2.31. The lowest BCUT2D eigenvalue weighted by atomic mass is 10.3. The van der Waals surface area contributed by atoms with Crippen LogP contribution in [0.2, 0.25) is 0 Å². The fourth-order valence-corrected chi connectivity index (χ4v) is 1.92. The minimum absolute atomic E-state index is 0.655. The van der Waals surface area contributed by atoms with Crippen molar-refractivity contribution in [2.45, 2.75) is 19.6 Å². The van der Waals surface area contributed by atoms with Gasteiger partial charge in [0, 0.05) is 25.1 Å². The standard InChI is InChI=1S/C9H11N3OS/c1-2-12-4-3-11-9(12)8(13)7-5-10-6-14-7/h3-6,8,13H,2H2,1H3. The predicted molar refractivity (Wildman–Crippen MR) is 54.1 cm³/mol. The van der Waals surface area contributed by atoms with Gasteiger partial charge in [-0.15, -0.1) is 11.3 Å². The first-order chi connectivity index (χ1) is 6.83. The molecule has 2 aromatic heterocycles. The quantitative estimate of drug-likeness (QED) is 0.832. The van der Waals surface area contributed by atoms with Crippen molar-refractivity contribution < 1.29 is 5.11 Å². The summed E-state index contributed by atoms with van der Waals surface area (Å²) in [7, 11) is 0. The zero-order valence-electron chi connectivity index (χ0n) is 7.79. The third-order valence-corrected chi connectivity index (χ3v) is 2.88. The van der Waals surface area contributed by atoms with E-state index in [0.717, 1.165) is 11.4 Å². The van der Waals surface area contributed by atoms with Crippen LogP contribution in [0.5, 0.6) is 0 Å². The van der Waals surface area contributed by atoms with E-state index in [1.54, 1.807) is 17.9 Å². The van der Waals surface area contributed by atoms with Gasteiger partial charge in [0.25, 0.3) is 0 Å². The lowest BCUT2D eigenvalue weighted by Gasteiger charge is -2.09. The Kier molecular flexibility index (Phi) is 2.60. The van der Waals surface area contributed by atoms with Crippen molar-refractivity contribution in [2.24, 2.45) is 0 Å². The van der Waals surface area contributed by atoms with Gasteiger partial charge in [-0.1, -0.05) is 0 Å². The molecular weight excluding hydrogens is 198 g/mol. The number of aliphatic hydroxyl groups is 1. The highest BCUT2D eigenvalue weighted by atomic mass is 32.1. The van der Waals surface area contributed by atoms with Crippen molar-refractivity contribution in [3.63, 3.8) is 0 Å². The third-order valence-electron chi connectivity index (χ3n) is 2.05. The molecule has 0 aliphatic heterocycles. The van der Waals surface area contributed by atoms with Crippen LogP contribution >= 0.6 is 11.3 Å². The fraction of sp³-hybridized carbons (Fsp3) is 0.333. The summed E-state index contributed by atoms with van der Waals surface area (Å²) in [5.41, 5.74) is 1.71. The summed E-state index contributed by atoms with van der Waals surface area (Å²) in [6.45, 7) is 2.83. The molecule has 2 heterocycles. The molecule has 2 aromatic rings. The summed E-state index contributed by atoms with van der Waals surface area (Å²) >= 11 is 1.43. The number of nitrogens with zero attached hydrogens (tertiary/aromatic N) is 3. The Morgan fingerprint density at radius 2 is 2.50 bits per heavy atom. The SMILES string of the molecule is CCn1ccnc1C(O)c1cncs1. The van der Waals surface area contributed by atoms with Gasteiger partial charge in [-0.25, -0.2) is 4.98 Å². The number of hydrogen-bond donors (Lipinski definition) is 1. The number of thiazole rings is 1. The molecule has 5 heteroatoms. The predicted octanol–water partition coefficient (Wildman–Crippen LogP) is 1.44. The minimum atomic E-state index is -0.655. The van der Waals surface area contributed by atoms with Crippen LogP contribution < -0.4 is 0 Å². The monoisotopic (exact) mass is 209 g/mol. The highest BCUT2D eigenvalue weighted by molar-refractivity contribution is 7.09. The van der Waals surface area contributed by atoms with Gasteiger partial charge in [0.2, 0.25) is 0 Å². The molecule has 0 aliphatic carbocycles. The van der Waals surface area contributed by atoms with E-state index < -0.39 is 6.10 Å². The summed E-state index contributed by atoms with van der Waals surface area (Å²) < 4.78 is 1.92. The largest absolute Gasteiger partial charge is 0.379 e.